The van der Waals surface area contributed by atoms with E-state index in [1.54, 1.807) is 6.92 Å². The van der Waals surface area contributed by atoms with Gasteiger partial charge in [-0.3, -0.25) is 4.99 Å². The van der Waals surface area contributed by atoms with E-state index in [-0.39, 0.29) is 12.6 Å². The fourth-order valence-corrected chi connectivity index (χ4v) is 3.16. The number of aliphatic imine (C=N–C) groups is 1. The molecule has 1 unspecified atom stereocenters. The number of hydrogen-bond donors (Lipinski definition) is 0. The normalized spacial score (nSPS) is 29.6. The van der Waals surface area contributed by atoms with Gasteiger partial charge in [-0.1, -0.05) is 34.8 Å². The number of hydrogen-bond acceptors (Lipinski definition) is 3. The molecule has 1 aliphatic carbocycles. The predicted octanol–water partition coefficient (Wildman–Crippen LogP) is 3.73. The predicted molar refractivity (Wildman–Crippen MR) is 76.1 cm³/mol. The van der Waals surface area contributed by atoms with Crippen molar-refractivity contribution in [3.8, 4) is 0 Å². The summed E-state index contributed by atoms with van der Waals surface area (Å²) in [6, 6.07) is -0.0393. The Morgan fingerprint density at radius 3 is 2.50 bits per heavy atom. The number of halogens is 3. The monoisotopic (exact) mass is 313 g/mol. The molecular formula is C12H18Cl3NO2. The molecule has 0 amide bonds. The molecule has 1 atom stereocenters. The first-order valence-electron chi connectivity index (χ1n) is 6.06. The third-order valence-corrected chi connectivity index (χ3v) is 3.98. The Kier molecular flexibility index (Phi) is 5.33. The van der Waals surface area contributed by atoms with Crippen molar-refractivity contribution in [3.63, 3.8) is 0 Å². The zero-order valence-electron chi connectivity index (χ0n) is 10.8. The van der Waals surface area contributed by atoms with E-state index >= 15 is 0 Å². The van der Waals surface area contributed by atoms with Gasteiger partial charge in [0.15, 0.2) is 9.21 Å². The second-order valence-corrected chi connectivity index (χ2v) is 6.78. The quantitative estimate of drug-likeness (QED) is 0.588. The highest BCUT2D eigenvalue weighted by molar-refractivity contribution is 6.65. The van der Waals surface area contributed by atoms with Crippen LogP contribution in [0.25, 0.3) is 0 Å². The minimum atomic E-state index is -1.33. The first kappa shape index (κ1) is 16.1. The van der Waals surface area contributed by atoms with Crippen LogP contribution in [0.3, 0.4) is 0 Å². The van der Waals surface area contributed by atoms with Crippen LogP contribution in [0, 0.1) is 0 Å². The highest BCUT2D eigenvalue weighted by atomic mass is 35.5. The maximum absolute atomic E-state index is 12.0. The molecule has 1 aliphatic rings. The summed E-state index contributed by atoms with van der Waals surface area (Å²) in [5, 5.41) is 0. The van der Waals surface area contributed by atoms with Gasteiger partial charge in [0.1, 0.15) is 0 Å². The molecule has 6 heteroatoms. The summed E-state index contributed by atoms with van der Waals surface area (Å²) in [6.45, 7) is 5.76. The van der Waals surface area contributed by atoms with Crippen LogP contribution < -0.4 is 0 Å². The first-order chi connectivity index (χ1) is 8.24. The fourth-order valence-electron chi connectivity index (χ4n) is 1.98. The molecule has 0 saturated heterocycles. The Balaban J connectivity index is 3.18. The Bertz CT molecular complexity index is 355. The summed E-state index contributed by atoms with van der Waals surface area (Å²) in [4.78, 5) is 15.1. The minimum absolute atomic E-state index is 0.0393. The van der Waals surface area contributed by atoms with Crippen LogP contribution in [0.2, 0.25) is 0 Å². The van der Waals surface area contributed by atoms with Gasteiger partial charge in [0.2, 0.25) is 0 Å². The summed E-state index contributed by atoms with van der Waals surface area (Å²) >= 11 is 18.9. The van der Waals surface area contributed by atoms with E-state index in [0.717, 1.165) is 0 Å². The van der Waals surface area contributed by atoms with Crippen molar-refractivity contribution in [1.82, 2.24) is 0 Å². The van der Waals surface area contributed by atoms with Gasteiger partial charge in [0.05, 0.1) is 12.3 Å². The Labute approximate surface area is 123 Å². The van der Waals surface area contributed by atoms with Crippen molar-refractivity contribution >= 4 is 46.5 Å². The number of alkyl halides is 3. The molecule has 0 aromatic rings. The zero-order valence-corrected chi connectivity index (χ0v) is 13.1. The molecule has 0 spiro atoms. The molecule has 104 valence electrons. The van der Waals surface area contributed by atoms with Crippen LogP contribution in [-0.2, 0) is 9.53 Å². The molecule has 1 saturated carbocycles. The standard InChI is InChI=1S/C12H18Cl3NO2/c1-4-18-10(17)11(13)6-5-7-12(14,15)9(11)16-8(2)3/h8H,4-7H2,1-3H3. The third kappa shape index (κ3) is 3.31. The number of nitrogens with zero attached hydrogens (tertiary/aromatic N) is 1. The van der Waals surface area contributed by atoms with E-state index in [9.17, 15) is 4.79 Å². The van der Waals surface area contributed by atoms with Gasteiger partial charge in [0.25, 0.3) is 0 Å². The molecule has 18 heavy (non-hydrogen) atoms. The van der Waals surface area contributed by atoms with Crippen LogP contribution in [0.1, 0.15) is 40.0 Å². The molecule has 3 nitrogen and oxygen atoms in total. The van der Waals surface area contributed by atoms with E-state index in [0.29, 0.717) is 25.0 Å². The molecule has 0 N–H and O–H groups in total. The second kappa shape index (κ2) is 5.98. The van der Waals surface area contributed by atoms with Crippen molar-refractivity contribution in [2.45, 2.75) is 55.3 Å². The van der Waals surface area contributed by atoms with E-state index in [1.807, 2.05) is 13.8 Å². The average Bonchev–Trinajstić information content (AvgIpc) is 2.23. The average molecular weight is 315 g/mol. The summed E-state index contributed by atoms with van der Waals surface area (Å²) in [5.74, 6) is -0.517. The van der Waals surface area contributed by atoms with E-state index in [2.05, 4.69) is 4.99 Å². The number of ether oxygens (including phenoxy) is 1. The van der Waals surface area contributed by atoms with Gasteiger partial charge in [-0.05, 0) is 40.0 Å². The van der Waals surface area contributed by atoms with Gasteiger partial charge >= 0.3 is 5.97 Å². The number of esters is 1. The Morgan fingerprint density at radius 1 is 1.39 bits per heavy atom. The van der Waals surface area contributed by atoms with Crippen LogP contribution in [0.4, 0.5) is 0 Å². The largest absolute Gasteiger partial charge is 0.464 e. The molecule has 1 fully saturated rings. The van der Waals surface area contributed by atoms with Crippen molar-refractivity contribution < 1.29 is 9.53 Å². The topological polar surface area (TPSA) is 38.7 Å². The Morgan fingerprint density at radius 2 is 2.00 bits per heavy atom. The van der Waals surface area contributed by atoms with Crippen molar-refractivity contribution in [2.24, 2.45) is 4.99 Å². The molecule has 1 rings (SSSR count). The SMILES string of the molecule is CCOC(=O)C1(Cl)CCCC(Cl)(Cl)C1=NC(C)C. The van der Waals surface area contributed by atoms with Crippen LogP contribution in [0.5, 0.6) is 0 Å². The highest BCUT2D eigenvalue weighted by Gasteiger charge is 2.54. The van der Waals surface area contributed by atoms with E-state index < -0.39 is 15.2 Å². The van der Waals surface area contributed by atoms with Crippen LogP contribution in [-0.4, -0.2) is 33.5 Å². The molecule has 0 aliphatic heterocycles. The summed E-state index contributed by atoms with van der Waals surface area (Å²) in [7, 11) is 0. The number of carbonyl (C=O) groups is 1. The lowest BCUT2D eigenvalue weighted by Crippen LogP contribution is -2.53. The number of rotatable bonds is 3. The molecular weight excluding hydrogens is 296 g/mol. The minimum Gasteiger partial charge on any atom is -0.464 e. The first-order valence-corrected chi connectivity index (χ1v) is 7.20. The van der Waals surface area contributed by atoms with Gasteiger partial charge in [-0.2, -0.15) is 0 Å². The molecule has 0 radical (unpaired) electrons. The lowest BCUT2D eigenvalue weighted by molar-refractivity contribution is -0.144. The van der Waals surface area contributed by atoms with Crippen LogP contribution >= 0.6 is 34.8 Å². The van der Waals surface area contributed by atoms with Crippen LogP contribution in [0.15, 0.2) is 4.99 Å². The van der Waals surface area contributed by atoms with Gasteiger partial charge in [0, 0.05) is 6.04 Å². The third-order valence-electron chi connectivity index (χ3n) is 2.72. The molecule has 0 heterocycles. The molecule has 0 aromatic carbocycles. The van der Waals surface area contributed by atoms with Gasteiger partial charge in [-0.25, -0.2) is 4.79 Å². The maximum atomic E-state index is 12.0. The molecule has 0 aromatic heterocycles. The van der Waals surface area contributed by atoms with E-state index in [1.165, 1.54) is 0 Å². The lowest BCUT2D eigenvalue weighted by atomic mass is 9.85. The van der Waals surface area contributed by atoms with Crippen molar-refractivity contribution in [2.75, 3.05) is 6.61 Å². The second-order valence-electron chi connectivity index (χ2n) is 4.65. The van der Waals surface area contributed by atoms with Crippen molar-refractivity contribution in [1.29, 1.82) is 0 Å². The van der Waals surface area contributed by atoms with Gasteiger partial charge < -0.3 is 4.74 Å². The summed E-state index contributed by atoms with van der Waals surface area (Å²) < 4.78 is 3.82. The molecule has 0 bridgehead atoms. The fraction of sp³-hybridized carbons (Fsp3) is 0.833. The summed E-state index contributed by atoms with van der Waals surface area (Å²) in [5.41, 5.74) is 0.319. The van der Waals surface area contributed by atoms with E-state index in [4.69, 9.17) is 39.5 Å². The zero-order chi connectivity index (χ0) is 14.0. The number of carbonyl (C=O) groups excluding carboxylic acids is 1. The van der Waals surface area contributed by atoms with Gasteiger partial charge in [-0.15, -0.1) is 0 Å². The highest BCUT2D eigenvalue weighted by Crippen LogP contribution is 2.44. The Hall–Kier alpha value is 0.01000. The van der Waals surface area contributed by atoms with Crippen molar-refractivity contribution in [3.05, 3.63) is 0 Å². The smallest absolute Gasteiger partial charge is 0.333 e. The maximum Gasteiger partial charge on any atom is 0.333 e. The lowest BCUT2D eigenvalue weighted by Gasteiger charge is -2.38. The summed E-state index contributed by atoms with van der Waals surface area (Å²) in [6.07, 6.45) is 1.64.